The number of aromatic nitrogens is 4. The number of rotatable bonds is 3. The molecular formula is C25H22F3N5. The smallest absolute Gasteiger partial charge is 0.194 e. The molecule has 2 aromatic heterocycles. The minimum Gasteiger partial charge on any atom is -0.283 e. The van der Waals surface area contributed by atoms with E-state index in [0.717, 1.165) is 52.8 Å². The Labute approximate surface area is 188 Å². The Hall–Kier alpha value is -3.26. The molecule has 2 unspecified atom stereocenters. The molecular weight excluding hydrogens is 427 g/mol. The van der Waals surface area contributed by atoms with Crippen LogP contribution in [-0.2, 0) is 13.5 Å². The molecule has 0 N–H and O–H groups in total. The van der Waals surface area contributed by atoms with Crippen LogP contribution >= 0.6 is 0 Å². The predicted molar refractivity (Wildman–Crippen MR) is 118 cm³/mol. The molecule has 0 bridgehead atoms. The first-order valence-electron chi connectivity index (χ1n) is 11.2. The number of benzene rings is 2. The van der Waals surface area contributed by atoms with Crippen LogP contribution < -0.4 is 0 Å². The summed E-state index contributed by atoms with van der Waals surface area (Å²) in [5.74, 6) is -3.84. The van der Waals surface area contributed by atoms with Crippen LogP contribution in [0.25, 0.3) is 22.2 Å². The summed E-state index contributed by atoms with van der Waals surface area (Å²) in [6, 6.07) is 12.6. The van der Waals surface area contributed by atoms with Gasteiger partial charge in [0, 0.05) is 29.6 Å². The van der Waals surface area contributed by atoms with Crippen LogP contribution in [0.4, 0.5) is 13.2 Å². The highest BCUT2D eigenvalue weighted by molar-refractivity contribution is 5.78. The van der Waals surface area contributed by atoms with E-state index in [4.69, 9.17) is 5.10 Å². The molecule has 33 heavy (non-hydrogen) atoms. The Kier molecular flexibility index (Phi) is 4.55. The highest BCUT2D eigenvalue weighted by Gasteiger charge is 2.49. The molecule has 4 heterocycles. The predicted octanol–water partition coefficient (Wildman–Crippen LogP) is 5.27. The summed E-state index contributed by atoms with van der Waals surface area (Å²) < 4.78 is 43.2. The summed E-state index contributed by atoms with van der Waals surface area (Å²) in [6.07, 6.45) is 2.47. The van der Waals surface area contributed by atoms with E-state index in [1.54, 1.807) is 11.7 Å². The topological polar surface area (TPSA) is 46.8 Å². The number of hydrogen-bond donors (Lipinski definition) is 0. The van der Waals surface area contributed by atoms with Gasteiger partial charge < -0.3 is 0 Å². The van der Waals surface area contributed by atoms with Gasteiger partial charge in [0.05, 0.1) is 34.7 Å². The molecule has 1 saturated heterocycles. The lowest BCUT2D eigenvalue weighted by atomic mass is 9.77. The van der Waals surface area contributed by atoms with E-state index in [1.807, 2.05) is 24.3 Å². The Morgan fingerprint density at radius 1 is 1.03 bits per heavy atom. The van der Waals surface area contributed by atoms with E-state index in [9.17, 15) is 13.2 Å². The molecule has 2 aromatic carbocycles. The third-order valence-electron chi connectivity index (χ3n) is 7.07. The lowest BCUT2D eigenvalue weighted by Gasteiger charge is -2.54. The highest BCUT2D eigenvalue weighted by atomic mass is 19.2. The molecule has 0 spiro atoms. The van der Waals surface area contributed by atoms with Crippen molar-refractivity contribution in [3.63, 3.8) is 0 Å². The summed E-state index contributed by atoms with van der Waals surface area (Å²) >= 11 is 0. The Morgan fingerprint density at radius 2 is 1.79 bits per heavy atom. The van der Waals surface area contributed by atoms with Crippen molar-refractivity contribution in [2.45, 2.75) is 44.3 Å². The lowest BCUT2D eigenvalue weighted by molar-refractivity contribution is -0.0437. The summed E-state index contributed by atoms with van der Waals surface area (Å²) in [5, 5.41) is 14.7. The standard InChI is InChI=1S/C25H22F3N5/c1-3-21-24-16(25(32(2)31-24)14-8-17(26)23(28)18(27)9-14)11-15-12-22(33(15)21)20-10-13-6-4-5-7-19(13)29-30-20/h4-10,15,21-22H,3,11-12H2,1-2H3/t15-,21?,22?/m1/s1. The maximum absolute atomic E-state index is 14.0. The molecule has 3 atom stereocenters. The van der Waals surface area contributed by atoms with E-state index in [1.165, 1.54) is 0 Å². The third kappa shape index (κ3) is 3.00. The number of nitrogens with zero attached hydrogens (tertiary/aromatic N) is 5. The van der Waals surface area contributed by atoms with Crippen molar-refractivity contribution in [1.29, 1.82) is 0 Å². The second kappa shape index (κ2) is 7.38. The van der Waals surface area contributed by atoms with Gasteiger partial charge >= 0.3 is 0 Å². The van der Waals surface area contributed by atoms with Gasteiger partial charge in [0.2, 0.25) is 0 Å². The lowest BCUT2D eigenvalue weighted by Crippen LogP contribution is -2.55. The average Bonchev–Trinajstić information content (AvgIpc) is 3.13. The summed E-state index contributed by atoms with van der Waals surface area (Å²) in [6.45, 7) is 2.11. The van der Waals surface area contributed by atoms with Crippen molar-refractivity contribution in [2.24, 2.45) is 7.05 Å². The highest BCUT2D eigenvalue weighted by Crippen LogP contribution is 2.52. The largest absolute Gasteiger partial charge is 0.283 e. The first-order chi connectivity index (χ1) is 16.0. The van der Waals surface area contributed by atoms with Gasteiger partial charge in [-0.25, -0.2) is 13.2 Å². The number of halogens is 3. The van der Waals surface area contributed by atoms with Crippen molar-refractivity contribution >= 4 is 10.9 Å². The van der Waals surface area contributed by atoms with Gasteiger partial charge in [0.25, 0.3) is 0 Å². The molecule has 5 nitrogen and oxygen atoms in total. The maximum Gasteiger partial charge on any atom is 0.194 e. The molecule has 8 heteroatoms. The van der Waals surface area contributed by atoms with Crippen molar-refractivity contribution in [3.05, 3.63) is 76.9 Å². The third-order valence-corrected chi connectivity index (χ3v) is 7.07. The number of fused-ring (bicyclic) bond motifs is 3. The van der Waals surface area contributed by atoms with Gasteiger partial charge in [-0.3, -0.25) is 9.58 Å². The molecule has 2 aliphatic rings. The van der Waals surface area contributed by atoms with E-state index < -0.39 is 17.5 Å². The van der Waals surface area contributed by atoms with Gasteiger partial charge in [-0.15, -0.1) is 0 Å². The number of hydrogen-bond acceptors (Lipinski definition) is 4. The molecule has 0 radical (unpaired) electrons. The van der Waals surface area contributed by atoms with E-state index >= 15 is 0 Å². The Bertz CT molecular complexity index is 1380. The van der Waals surface area contributed by atoms with Crippen molar-refractivity contribution in [3.8, 4) is 11.3 Å². The zero-order valence-corrected chi connectivity index (χ0v) is 18.3. The van der Waals surface area contributed by atoms with Crippen LogP contribution in [0.1, 0.15) is 48.8 Å². The quantitative estimate of drug-likeness (QED) is 0.400. The molecule has 0 saturated carbocycles. The normalized spacial score (nSPS) is 22.2. The minimum atomic E-state index is -1.45. The van der Waals surface area contributed by atoms with Gasteiger partial charge in [0.1, 0.15) is 0 Å². The molecule has 0 aliphatic carbocycles. The van der Waals surface area contributed by atoms with Crippen LogP contribution in [-0.4, -0.2) is 30.9 Å². The van der Waals surface area contributed by atoms with E-state index in [-0.39, 0.29) is 18.1 Å². The molecule has 2 aliphatic heterocycles. The van der Waals surface area contributed by atoms with Gasteiger partial charge in [-0.05, 0) is 43.5 Å². The summed E-state index contributed by atoms with van der Waals surface area (Å²) in [7, 11) is 1.77. The van der Waals surface area contributed by atoms with Crippen LogP contribution in [0.2, 0.25) is 0 Å². The van der Waals surface area contributed by atoms with Gasteiger partial charge in [-0.1, -0.05) is 25.1 Å². The zero-order chi connectivity index (χ0) is 22.9. The van der Waals surface area contributed by atoms with Crippen LogP contribution in [0.15, 0.2) is 42.5 Å². The Morgan fingerprint density at radius 3 is 2.55 bits per heavy atom. The van der Waals surface area contributed by atoms with Gasteiger partial charge in [-0.2, -0.15) is 15.3 Å². The van der Waals surface area contributed by atoms with Crippen LogP contribution in [0.3, 0.4) is 0 Å². The van der Waals surface area contributed by atoms with Gasteiger partial charge in [0.15, 0.2) is 17.5 Å². The van der Waals surface area contributed by atoms with Crippen LogP contribution in [0.5, 0.6) is 0 Å². The summed E-state index contributed by atoms with van der Waals surface area (Å²) in [4.78, 5) is 2.45. The molecule has 168 valence electrons. The zero-order valence-electron chi connectivity index (χ0n) is 18.3. The molecule has 6 rings (SSSR count). The fraction of sp³-hybridized carbons (Fsp3) is 0.320. The second-order valence-corrected chi connectivity index (χ2v) is 8.90. The fourth-order valence-corrected chi connectivity index (χ4v) is 5.61. The minimum absolute atomic E-state index is 0.0564. The number of aryl methyl sites for hydroxylation is 1. The maximum atomic E-state index is 14.0. The van der Waals surface area contributed by atoms with Crippen LogP contribution in [0, 0.1) is 17.5 Å². The summed E-state index contributed by atoms with van der Waals surface area (Å²) in [5.41, 5.74) is 4.68. The average molecular weight is 449 g/mol. The van der Waals surface area contributed by atoms with Crippen molar-refractivity contribution < 1.29 is 13.2 Å². The first-order valence-corrected chi connectivity index (χ1v) is 11.2. The molecule has 1 fully saturated rings. The first kappa shape index (κ1) is 20.4. The second-order valence-electron chi connectivity index (χ2n) is 8.90. The van der Waals surface area contributed by atoms with E-state index in [2.05, 4.69) is 28.1 Å². The van der Waals surface area contributed by atoms with E-state index in [0.29, 0.717) is 17.7 Å². The molecule has 0 amide bonds. The Balaban J connectivity index is 1.40. The van der Waals surface area contributed by atoms with Crippen molar-refractivity contribution in [1.82, 2.24) is 24.9 Å². The molecule has 4 aromatic rings. The SMILES string of the molecule is CCC1c2nn(C)c(-c3cc(F)c(F)c(F)c3)c2C[C@@H]2CC(c3cc4ccccc4nn3)N12. The fourth-order valence-electron chi connectivity index (χ4n) is 5.61. The monoisotopic (exact) mass is 449 g/mol. The van der Waals surface area contributed by atoms with Crippen molar-refractivity contribution in [2.75, 3.05) is 0 Å².